The van der Waals surface area contributed by atoms with E-state index in [1.54, 1.807) is 0 Å². The van der Waals surface area contributed by atoms with Gasteiger partial charge in [-0.1, -0.05) is 25.7 Å². The summed E-state index contributed by atoms with van der Waals surface area (Å²) < 4.78 is 0. The predicted molar refractivity (Wildman–Crippen MR) is 78.1 cm³/mol. The van der Waals surface area contributed by atoms with Gasteiger partial charge in [-0.25, -0.2) is 0 Å². The van der Waals surface area contributed by atoms with Crippen LogP contribution in [0.1, 0.15) is 44.9 Å². The monoisotopic (exact) mass is 267 g/mol. The van der Waals surface area contributed by atoms with Crippen molar-refractivity contribution in [2.24, 2.45) is 5.92 Å². The molecule has 1 saturated carbocycles. The molecule has 1 amide bonds. The highest BCUT2D eigenvalue weighted by Gasteiger charge is 2.15. The topological polar surface area (TPSA) is 44.4 Å². The minimum atomic E-state index is 0.202. The van der Waals surface area contributed by atoms with Gasteiger partial charge in [-0.3, -0.25) is 9.69 Å². The Morgan fingerprint density at radius 3 is 2.84 bits per heavy atom. The van der Waals surface area contributed by atoms with Crippen LogP contribution in [0.2, 0.25) is 0 Å². The Hall–Kier alpha value is -0.610. The van der Waals surface area contributed by atoms with Crippen molar-refractivity contribution < 1.29 is 4.79 Å². The van der Waals surface area contributed by atoms with E-state index in [4.69, 9.17) is 0 Å². The molecule has 0 unspecified atom stereocenters. The van der Waals surface area contributed by atoms with Crippen LogP contribution in [-0.2, 0) is 4.79 Å². The molecule has 110 valence electrons. The molecule has 0 radical (unpaired) electrons. The molecule has 0 aromatic carbocycles. The molecule has 0 spiro atoms. The minimum Gasteiger partial charge on any atom is -0.355 e. The molecule has 1 saturated heterocycles. The number of hydrogen-bond acceptors (Lipinski definition) is 3. The van der Waals surface area contributed by atoms with E-state index < -0.39 is 0 Å². The van der Waals surface area contributed by atoms with Crippen molar-refractivity contribution in [3.05, 3.63) is 0 Å². The number of carbonyl (C=O) groups excluding carboxylic acids is 1. The van der Waals surface area contributed by atoms with Crippen LogP contribution in [0.3, 0.4) is 0 Å². The SMILES string of the molecule is O=C(CN1CCCNCC1)NCCCC1CCCC1. The Bertz CT molecular complexity index is 256. The lowest BCUT2D eigenvalue weighted by molar-refractivity contribution is -0.122. The summed E-state index contributed by atoms with van der Waals surface area (Å²) in [7, 11) is 0. The molecule has 2 N–H and O–H groups in total. The van der Waals surface area contributed by atoms with Gasteiger partial charge in [0.05, 0.1) is 6.54 Å². The van der Waals surface area contributed by atoms with E-state index >= 15 is 0 Å². The first-order valence-corrected chi connectivity index (χ1v) is 8.04. The maximum Gasteiger partial charge on any atom is 0.234 e. The lowest BCUT2D eigenvalue weighted by Gasteiger charge is -2.18. The lowest BCUT2D eigenvalue weighted by atomic mass is 10.0. The van der Waals surface area contributed by atoms with Crippen LogP contribution in [0.4, 0.5) is 0 Å². The molecule has 19 heavy (non-hydrogen) atoms. The van der Waals surface area contributed by atoms with Crippen LogP contribution in [-0.4, -0.2) is 50.1 Å². The van der Waals surface area contributed by atoms with Gasteiger partial charge in [0.25, 0.3) is 0 Å². The maximum absolute atomic E-state index is 11.8. The smallest absolute Gasteiger partial charge is 0.234 e. The van der Waals surface area contributed by atoms with E-state index in [1.165, 1.54) is 32.1 Å². The fourth-order valence-corrected chi connectivity index (χ4v) is 3.24. The fourth-order valence-electron chi connectivity index (χ4n) is 3.24. The first-order chi connectivity index (χ1) is 9.34. The van der Waals surface area contributed by atoms with Gasteiger partial charge < -0.3 is 10.6 Å². The van der Waals surface area contributed by atoms with E-state index in [9.17, 15) is 4.79 Å². The molecule has 0 aromatic heterocycles. The van der Waals surface area contributed by atoms with Crippen LogP contribution in [0.25, 0.3) is 0 Å². The fraction of sp³-hybridized carbons (Fsp3) is 0.933. The van der Waals surface area contributed by atoms with Gasteiger partial charge in [0, 0.05) is 19.6 Å². The highest BCUT2D eigenvalue weighted by molar-refractivity contribution is 5.77. The molecule has 1 aliphatic heterocycles. The first-order valence-electron chi connectivity index (χ1n) is 8.04. The molecule has 1 aliphatic carbocycles. The van der Waals surface area contributed by atoms with Gasteiger partial charge >= 0.3 is 0 Å². The third kappa shape index (κ3) is 5.91. The molecule has 0 aromatic rings. The van der Waals surface area contributed by atoms with Crippen molar-refractivity contribution in [1.82, 2.24) is 15.5 Å². The van der Waals surface area contributed by atoms with Crippen molar-refractivity contribution in [2.45, 2.75) is 44.9 Å². The number of hydrogen-bond donors (Lipinski definition) is 2. The Balaban J connectivity index is 1.51. The lowest BCUT2D eigenvalue weighted by Crippen LogP contribution is -2.39. The highest BCUT2D eigenvalue weighted by Crippen LogP contribution is 2.28. The molecule has 2 aliphatic rings. The normalized spacial score (nSPS) is 22.3. The summed E-state index contributed by atoms with van der Waals surface area (Å²) in [5, 5.41) is 6.43. The Kier molecular flexibility index (Phi) is 6.65. The number of rotatable bonds is 6. The van der Waals surface area contributed by atoms with Gasteiger partial charge in [-0.15, -0.1) is 0 Å². The van der Waals surface area contributed by atoms with Crippen molar-refractivity contribution in [3.8, 4) is 0 Å². The Morgan fingerprint density at radius 2 is 2.00 bits per heavy atom. The van der Waals surface area contributed by atoms with Gasteiger partial charge in [0.1, 0.15) is 0 Å². The summed E-state index contributed by atoms with van der Waals surface area (Å²) in [6, 6.07) is 0. The van der Waals surface area contributed by atoms with Gasteiger partial charge in [-0.2, -0.15) is 0 Å². The molecule has 2 rings (SSSR count). The van der Waals surface area contributed by atoms with Crippen molar-refractivity contribution in [3.63, 3.8) is 0 Å². The van der Waals surface area contributed by atoms with Gasteiger partial charge in [-0.05, 0) is 38.3 Å². The molecule has 0 bridgehead atoms. The third-order valence-corrected chi connectivity index (χ3v) is 4.39. The number of nitrogens with zero attached hydrogens (tertiary/aromatic N) is 1. The van der Waals surface area contributed by atoms with E-state index in [2.05, 4.69) is 15.5 Å². The summed E-state index contributed by atoms with van der Waals surface area (Å²) in [5.41, 5.74) is 0. The molecule has 2 fully saturated rings. The average molecular weight is 267 g/mol. The van der Waals surface area contributed by atoms with Gasteiger partial charge in [0.15, 0.2) is 0 Å². The summed E-state index contributed by atoms with van der Waals surface area (Å²) in [4.78, 5) is 14.1. The molecular weight excluding hydrogens is 238 g/mol. The van der Waals surface area contributed by atoms with Crippen LogP contribution < -0.4 is 10.6 Å². The summed E-state index contributed by atoms with van der Waals surface area (Å²) >= 11 is 0. The second-order valence-electron chi connectivity index (χ2n) is 6.02. The molecule has 0 atom stereocenters. The van der Waals surface area contributed by atoms with E-state index in [-0.39, 0.29) is 5.91 Å². The third-order valence-electron chi connectivity index (χ3n) is 4.39. The number of carbonyl (C=O) groups is 1. The van der Waals surface area contributed by atoms with Crippen LogP contribution in [0.5, 0.6) is 0 Å². The summed E-state index contributed by atoms with van der Waals surface area (Å²) in [5.74, 6) is 1.14. The predicted octanol–water partition coefficient (Wildman–Crippen LogP) is 1.37. The standard InChI is InChI=1S/C15H29N3O/c19-15(13-18-11-4-8-16-10-12-18)17-9-3-7-14-5-1-2-6-14/h14,16H,1-13H2,(H,17,19). The van der Waals surface area contributed by atoms with Crippen molar-refractivity contribution in [2.75, 3.05) is 39.3 Å². The van der Waals surface area contributed by atoms with E-state index in [1.807, 2.05) is 0 Å². The Labute approximate surface area is 117 Å². The van der Waals surface area contributed by atoms with Crippen LogP contribution in [0.15, 0.2) is 0 Å². The number of nitrogens with one attached hydrogen (secondary N) is 2. The molecule has 4 nitrogen and oxygen atoms in total. The summed E-state index contributed by atoms with van der Waals surface area (Å²) in [6.07, 6.45) is 9.25. The molecular formula is C15H29N3O. The highest BCUT2D eigenvalue weighted by atomic mass is 16.2. The van der Waals surface area contributed by atoms with E-state index in [0.29, 0.717) is 6.54 Å². The quantitative estimate of drug-likeness (QED) is 0.714. The summed E-state index contributed by atoms with van der Waals surface area (Å²) in [6.45, 7) is 5.57. The van der Waals surface area contributed by atoms with Crippen molar-refractivity contribution >= 4 is 5.91 Å². The second-order valence-corrected chi connectivity index (χ2v) is 6.02. The minimum absolute atomic E-state index is 0.202. The number of amides is 1. The Morgan fingerprint density at radius 1 is 1.16 bits per heavy atom. The van der Waals surface area contributed by atoms with Gasteiger partial charge in [0.2, 0.25) is 5.91 Å². The van der Waals surface area contributed by atoms with Crippen LogP contribution >= 0.6 is 0 Å². The largest absolute Gasteiger partial charge is 0.355 e. The second kappa shape index (κ2) is 8.54. The first kappa shape index (κ1) is 14.8. The molecule has 1 heterocycles. The van der Waals surface area contributed by atoms with Crippen molar-refractivity contribution in [1.29, 1.82) is 0 Å². The zero-order chi connectivity index (χ0) is 13.3. The van der Waals surface area contributed by atoms with Crippen LogP contribution in [0, 0.1) is 5.92 Å². The zero-order valence-electron chi connectivity index (χ0n) is 12.1. The maximum atomic E-state index is 11.8. The molecule has 4 heteroatoms. The average Bonchev–Trinajstić information content (AvgIpc) is 2.79. The van der Waals surface area contributed by atoms with E-state index in [0.717, 1.165) is 51.5 Å². The zero-order valence-corrected chi connectivity index (χ0v) is 12.1.